The number of urea groups is 1. The summed E-state index contributed by atoms with van der Waals surface area (Å²) in [5, 5.41) is 30.6. The standard InChI is InChI=1S/C28H28BrN5O9/c1-4-41-23-11-16(26-25(27(36)40-3)15(2)31-28(37)32-26)5-9-22(23)42-14-24(35)33-30-13-18-7-10-21(43-18)19-8-6-17(34(38)39)12-20(19)29/h5-13,24,26,33,35H,4,14H2,1-3H3,(H2,31,32,37)/b30-13+/t24-,26+/m0/s1. The monoisotopic (exact) mass is 657 g/mol. The van der Waals surface area contributed by atoms with Crippen LogP contribution in [0.1, 0.15) is 31.2 Å². The molecule has 15 heteroatoms. The topological polar surface area (TPSA) is 187 Å². The third kappa shape index (κ3) is 7.50. The minimum Gasteiger partial charge on any atom is -0.490 e. The molecule has 0 radical (unpaired) electrons. The Balaban J connectivity index is 1.39. The summed E-state index contributed by atoms with van der Waals surface area (Å²) >= 11 is 3.32. The Kier molecular flexibility index (Phi) is 10.0. The van der Waals surface area contributed by atoms with E-state index in [1.54, 1.807) is 50.2 Å². The van der Waals surface area contributed by atoms with Gasteiger partial charge in [0.15, 0.2) is 17.7 Å². The van der Waals surface area contributed by atoms with Crippen LogP contribution in [0.2, 0.25) is 0 Å². The molecule has 1 aliphatic rings. The molecule has 1 aromatic heterocycles. The van der Waals surface area contributed by atoms with Gasteiger partial charge >= 0.3 is 12.0 Å². The van der Waals surface area contributed by atoms with Gasteiger partial charge in [-0.25, -0.2) is 9.59 Å². The van der Waals surface area contributed by atoms with Crippen molar-refractivity contribution in [3.8, 4) is 22.8 Å². The van der Waals surface area contributed by atoms with Gasteiger partial charge < -0.3 is 34.4 Å². The summed E-state index contributed by atoms with van der Waals surface area (Å²) in [5.41, 5.74) is 4.29. The molecule has 3 aromatic rings. The molecule has 4 rings (SSSR count). The number of ether oxygens (including phenoxy) is 3. The predicted molar refractivity (Wildman–Crippen MR) is 157 cm³/mol. The molecule has 0 aliphatic carbocycles. The summed E-state index contributed by atoms with van der Waals surface area (Å²) in [6, 6.07) is 11.3. The van der Waals surface area contributed by atoms with Gasteiger partial charge in [0.05, 0.1) is 36.5 Å². The number of furan rings is 1. The van der Waals surface area contributed by atoms with Crippen molar-refractivity contribution in [1.82, 2.24) is 16.1 Å². The second kappa shape index (κ2) is 13.8. The highest BCUT2D eigenvalue weighted by Gasteiger charge is 2.32. The Morgan fingerprint density at radius 2 is 2.02 bits per heavy atom. The predicted octanol–water partition coefficient (Wildman–Crippen LogP) is 4.14. The number of non-ortho nitro benzene ring substituents is 1. The molecule has 0 spiro atoms. The first-order valence-electron chi connectivity index (χ1n) is 12.9. The number of nitro benzene ring substituents is 1. The molecule has 0 unspecified atom stereocenters. The molecule has 2 amide bonds. The SMILES string of the molecule is CCOc1cc([C@H]2NC(=O)NC(C)=C2C(=O)OC)ccc1OC[C@H](O)N/N=C/c1ccc(-c2ccc([N+](=O)[O-])cc2Br)o1. The number of methoxy groups -OCH3 is 1. The van der Waals surface area contributed by atoms with Gasteiger partial charge in [-0.3, -0.25) is 15.5 Å². The zero-order valence-electron chi connectivity index (χ0n) is 23.3. The Labute approximate surface area is 254 Å². The summed E-state index contributed by atoms with van der Waals surface area (Å²) in [6.07, 6.45) is 0.151. The van der Waals surface area contributed by atoms with Gasteiger partial charge in [0.25, 0.3) is 5.69 Å². The van der Waals surface area contributed by atoms with E-state index in [4.69, 9.17) is 18.6 Å². The first-order valence-corrected chi connectivity index (χ1v) is 13.7. The van der Waals surface area contributed by atoms with Crippen molar-refractivity contribution in [2.75, 3.05) is 20.3 Å². The summed E-state index contributed by atoms with van der Waals surface area (Å²) in [5.74, 6) is 0.905. The lowest BCUT2D eigenvalue weighted by atomic mass is 9.95. The third-order valence-electron chi connectivity index (χ3n) is 6.14. The number of carbonyl (C=O) groups excluding carboxylic acids is 2. The molecular weight excluding hydrogens is 630 g/mol. The average molecular weight is 658 g/mol. The lowest BCUT2D eigenvalue weighted by Crippen LogP contribution is -2.45. The molecule has 0 bridgehead atoms. The van der Waals surface area contributed by atoms with Gasteiger partial charge in [0.2, 0.25) is 0 Å². The van der Waals surface area contributed by atoms with E-state index >= 15 is 0 Å². The van der Waals surface area contributed by atoms with Crippen LogP contribution in [-0.2, 0) is 9.53 Å². The number of halogens is 1. The Hall–Kier alpha value is -4.89. The number of aliphatic hydroxyl groups excluding tert-OH is 1. The van der Waals surface area contributed by atoms with Crippen molar-refractivity contribution in [2.45, 2.75) is 26.1 Å². The summed E-state index contributed by atoms with van der Waals surface area (Å²) in [6.45, 7) is 3.51. The van der Waals surface area contributed by atoms with Crippen molar-refractivity contribution in [3.05, 3.63) is 85.7 Å². The van der Waals surface area contributed by atoms with Gasteiger partial charge in [0, 0.05) is 27.9 Å². The van der Waals surface area contributed by atoms with Crippen LogP contribution in [0.15, 0.2) is 73.8 Å². The highest BCUT2D eigenvalue weighted by atomic mass is 79.9. The molecule has 0 saturated carbocycles. The van der Waals surface area contributed by atoms with E-state index in [1.807, 2.05) is 0 Å². The number of aliphatic hydroxyl groups is 1. The van der Waals surface area contributed by atoms with Crippen molar-refractivity contribution < 1.29 is 38.2 Å². The Morgan fingerprint density at radius 3 is 2.72 bits per heavy atom. The first kappa shape index (κ1) is 31.1. The highest BCUT2D eigenvalue weighted by molar-refractivity contribution is 9.10. The molecule has 14 nitrogen and oxygen atoms in total. The number of amides is 2. The van der Waals surface area contributed by atoms with Crippen LogP contribution < -0.4 is 25.5 Å². The minimum atomic E-state index is -1.20. The smallest absolute Gasteiger partial charge is 0.337 e. The van der Waals surface area contributed by atoms with Crippen LogP contribution in [0.4, 0.5) is 10.5 Å². The molecule has 2 aromatic carbocycles. The molecule has 0 saturated heterocycles. The number of benzene rings is 2. The molecule has 43 heavy (non-hydrogen) atoms. The molecule has 2 atom stereocenters. The number of rotatable bonds is 12. The van der Waals surface area contributed by atoms with Gasteiger partial charge in [-0.15, -0.1) is 0 Å². The lowest BCUT2D eigenvalue weighted by Gasteiger charge is -2.28. The van der Waals surface area contributed by atoms with Crippen LogP contribution in [0, 0.1) is 10.1 Å². The number of carbonyl (C=O) groups is 2. The summed E-state index contributed by atoms with van der Waals surface area (Å²) < 4.78 is 22.6. The van der Waals surface area contributed by atoms with E-state index in [9.17, 15) is 24.8 Å². The van der Waals surface area contributed by atoms with E-state index in [-0.39, 0.29) is 17.9 Å². The maximum Gasteiger partial charge on any atom is 0.337 e. The van der Waals surface area contributed by atoms with Gasteiger partial charge in [-0.05, 0) is 65.7 Å². The molecule has 4 N–H and O–H groups in total. The van der Waals surface area contributed by atoms with Gasteiger partial charge in [-0.1, -0.05) is 6.07 Å². The summed E-state index contributed by atoms with van der Waals surface area (Å²) in [7, 11) is 1.26. The summed E-state index contributed by atoms with van der Waals surface area (Å²) in [4.78, 5) is 35.0. The molecule has 0 fully saturated rings. The largest absolute Gasteiger partial charge is 0.490 e. The number of esters is 1. The van der Waals surface area contributed by atoms with Crippen molar-refractivity contribution >= 4 is 39.8 Å². The maximum atomic E-state index is 12.4. The van der Waals surface area contributed by atoms with Crippen LogP contribution in [-0.4, -0.2) is 54.8 Å². The fourth-order valence-corrected chi connectivity index (χ4v) is 4.76. The Morgan fingerprint density at radius 1 is 1.23 bits per heavy atom. The van der Waals surface area contributed by atoms with Crippen LogP contribution in [0.3, 0.4) is 0 Å². The quantitative estimate of drug-likeness (QED) is 0.0725. The number of hydrogen-bond acceptors (Lipinski definition) is 11. The van der Waals surface area contributed by atoms with Gasteiger partial charge in [0.1, 0.15) is 18.1 Å². The van der Waals surface area contributed by atoms with E-state index in [0.29, 0.717) is 50.9 Å². The fourth-order valence-electron chi connectivity index (χ4n) is 4.19. The number of nitrogens with zero attached hydrogens (tertiary/aromatic N) is 2. The molecule has 2 heterocycles. The second-order valence-corrected chi connectivity index (χ2v) is 9.89. The third-order valence-corrected chi connectivity index (χ3v) is 6.80. The lowest BCUT2D eigenvalue weighted by molar-refractivity contribution is -0.384. The average Bonchev–Trinajstić information content (AvgIpc) is 3.44. The second-order valence-electron chi connectivity index (χ2n) is 9.04. The van der Waals surface area contributed by atoms with Crippen molar-refractivity contribution in [2.24, 2.45) is 5.10 Å². The Bertz CT molecular complexity index is 1590. The van der Waals surface area contributed by atoms with Crippen LogP contribution >= 0.6 is 15.9 Å². The zero-order valence-corrected chi connectivity index (χ0v) is 24.8. The first-order chi connectivity index (χ1) is 20.6. The normalized spacial score (nSPS) is 15.5. The van der Waals surface area contributed by atoms with Crippen molar-refractivity contribution in [1.29, 1.82) is 0 Å². The fraction of sp³-hybridized carbons (Fsp3) is 0.250. The number of hydrogen-bond donors (Lipinski definition) is 4. The van der Waals surface area contributed by atoms with E-state index < -0.39 is 29.2 Å². The van der Waals surface area contributed by atoms with E-state index in [1.165, 1.54) is 25.5 Å². The molecule has 1 aliphatic heterocycles. The molecular formula is C28H28BrN5O9. The van der Waals surface area contributed by atoms with Crippen molar-refractivity contribution in [3.63, 3.8) is 0 Å². The number of hydrazone groups is 1. The number of nitro groups is 1. The highest BCUT2D eigenvalue weighted by Crippen LogP contribution is 2.35. The zero-order chi connectivity index (χ0) is 31.1. The van der Waals surface area contributed by atoms with E-state index in [0.717, 1.165) is 0 Å². The minimum absolute atomic E-state index is 0.0519. The number of allylic oxidation sites excluding steroid dienone is 1. The van der Waals surface area contributed by atoms with Crippen LogP contribution in [0.25, 0.3) is 11.3 Å². The number of nitrogens with one attached hydrogen (secondary N) is 3. The molecule has 226 valence electrons. The maximum absolute atomic E-state index is 12.4. The van der Waals surface area contributed by atoms with Crippen LogP contribution in [0.5, 0.6) is 11.5 Å². The van der Waals surface area contributed by atoms with Gasteiger partial charge in [-0.2, -0.15) is 5.10 Å². The van der Waals surface area contributed by atoms with E-state index in [2.05, 4.69) is 37.1 Å².